The molecule has 0 saturated heterocycles. The van der Waals surface area contributed by atoms with Crippen LogP contribution in [0.15, 0.2) is 54.6 Å². The van der Waals surface area contributed by atoms with Crippen molar-refractivity contribution in [2.45, 2.75) is 53.7 Å². The number of phenols is 1. The number of hydrogen-bond acceptors (Lipinski definition) is 5. The molecule has 174 valence electrons. The molecule has 3 rings (SSSR count). The van der Waals surface area contributed by atoms with E-state index in [1.54, 1.807) is 47.4 Å². The summed E-state index contributed by atoms with van der Waals surface area (Å²) in [6.07, 6.45) is 0. The first-order valence-corrected chi connectivity index (χ1v) is 11.0. The third-order valence-corrected chi connectivity index (χ3v) is 4.78. The number of benzene rings is 2. The monoisotopic (exact) mass is 448 g/mol. The summed E-state index contributed by atoms with van der Waals surface area (Å²) in [6, 6.07) is 15.4. The SMILES string of the molecule is CC(C)(C)CN(Cc1ccc2cc(O)ccc2n1)C(=O)c1cccc(C(=O)OC(C)(C)C)c1. The molecule has 1 aromatic heterocycles. The van der Waals surface area contributed by atoms with E-state index in [1.807, 2.05) is 32.9 Å². The fraction of sp³-hybridized carbons (Fsp3) is 0.370. The van der Waals surface area contributed by atoms with Gasteiger partial charge < -0.3 is 14.7 Å². The van der Waals surface area contributed by atoms with Crippen molar-refractivity contribution < 1.29 is 19.4 Å². The second-order valence-electron chi connectivity index (χ2n) is 10.5. The van der Waals surface area contributed by atoms with E-state index in [0.717, 1.165) is 16.6 Å². The standard InChI is InChI=1S/C27H32N2O4/c1-26(2,3)17-29(16-21-11-10-18-15-22(30)12-13-23(18)28-21)24(31)19-8-7-9-20(14-19)25(32)33-27(4,5)6/h7-15,30H,16-17H2,1-6H3. The maximum atomic E-state index is 13.5. The van der Waals surface area contributed by atoms with Crippen molar-refractivity contribution in [3.8, 4) is 5.75 Å². The second kappa shape index (κ2) is 9.22. The molecule has 2 aromatic carbocycles. The average Bonchev–Trinajstić information content (AvgIpc) is 2.70. The summed E-state index contributed by atoms with van der Waals surface area (Å²) in [5, 5.41) is 10.5. The summed E-state index contributed by atoms with van der Waals surface area (Å²) < 4.78 is 5.45. The number of phenolic OH excluding ortho intramolecular Hbond substituents is 1. The van der Waals surface area contributed by atoms with Gasteiger partial charge in [-0.2, -0.15) is 0 Å². The maximum absolute atomic E-state index is 13.5. The van der Waals surface area contributed by atoms with Gasteiger partial charge in [-0.1, -0.05) is 32.9 Å². The van der Waals surface area contributed by atoms with E-state index in [9.17, 15) is 14.7 Å². The van der Waals surface area contributed by atoms with Gasteiger partial charge in [-0.25, -0.2) is 4.79 Å². The highest BCUT2D eigenvalue weighted by atomic mass is 16.6. The molecule has 0 bridgehead atoms. The number of rotatable bonds is 5. The van der Waals surface area contributed by atoms with Gasteiger partial charge in [0.15, 0.2) is 0 Å². The number of carbonyl (C=O) groups is 2. The van der Waals surface area contributed by atoms with Crippen LogP contribution in [-0.4, -0.2) is 39.0 Å². The molecule has 33 heavy (non-hydrogen) atoms. The molecular formula is C27H32N2O4. The largest absolute Gasteiger partial charge is 0.508 e. The summed E-state index contributed by atoms with van der Waals surface area (Å²) in [7, 11) is 0. The number of amides is 1. The van der Waals surface area contributed by atoms with E-state index < -0.39 is 11.6 Å². The van der Waals surface area contributed by atoms with Gasteiger partial charge in [-0.15, -0.1) is 0 Å². The predicted molar refractivity (Wildman–Crippen MR) is 129 cm³/mol. The van der Waals surface area contributed by atoms with Crippen molar-refractivity contribution in [3.05, 3.63) is 71.4 Å². The van der Waals surface area contributed by atoms with Crippen molar-refractivity contribution in [3.63, 3.8) is 0 Å². The third-order valence-electron chi connectivity index (χ3n) is 4.78. The first-order valence-electron chi connectivity index (χ1n) is 11.0. The van der Waals surface area contributed by atoms with E-state index in [0.29, 0.717) is 24.2 Å². The van der Waals surface area contributed by atoms with Gasteiger partial charge >= 0.3 is 5.97 Å². The molecule has 0 aliphatic rings. The quantitative estimate of drug-likeness (QED) is 0.515. The Hall–Kier alpha value is -3.41. The van der Waals surface area contributed by atoms with Crippen LogP contribution in [0.5, 0.6) is 5.75 Å². The highest BCUT2D eigenvalue weighted by molar-refractivity contribution is 5.98. The summed E-state index contributed by atoms with van der Waals surface area (Å²) in [5.41, 5.74) is 1.51. The Morgan fingerprint density at radius 2 is 1.64 bits per heavy atom. The molecule has 1 N–H and O–H groups in total. The molecule has 0 saturated carbocycles. The number of esters is 1. The minimum atomic E-state index is -0.617. The number of fused-ring (bicyclic) bond motifs is 1. The molecular weight excluding hydrogens is 416 g/mol. The first kappa shape index (κ1) is 24.2. The topological polar surface area (TPSA) is 79.7 Å². The van der Waals surface area contributed by atoms with Crippen molar-refractivity contribution in [1.29, 1.82) is 0 Å². The predicted octanol–water partition coefficient (Wildman–Crippen LogP) is 5.58. The van der Waals surface area contributed by atoms with Crippen molar-refractivity contribution >= 4 is 22.8 Å². The maximum Gasteiger partial charge on any atom is 0.338 e. The van der Waals surface area contributed by atoms with Gasteiger partial charge in [0.2, 0.25) is 0 Å². The average molecular weight is 449 g/mol. The lowest BCUT2D eigenvalue weighted by Crippen LogP contribution is -2.37. The highest BCUT2D eigenvalue weighted by Gasteiger charge is 2.24. The van der Waals surface area contributed by atoms with Crippen LogP contribution in [0.2, 0.25) is 0 Å². The minimum absolute atomic E-state index is 0.138. The normalized spacial score (nSPS) is 11.9. The Kier molecular flexibility index (Phi) is 6.77. The molecule has 0 unspecified atom stereocenters. The lowest BCUT2D eigenvalue weighted by molar-refractivity contribution is 0.00694. The smallest absolute Gasteiger partial charge is 0.338 e. The van der Waals surface area contributed by atoms with Gasteiger partial charge in [-0.05, 0) is 68.7 Å². The number of aromatic nitrogens is 1. The summed E-state index contributed by atoms with van der Waals surface area (Å²) >= 11 is 0. The van der Waals surface area contributed by atoms with Crippen LogP contribution in [0.1, 0.15) is 68.0 Å². The number of hydrogen-bond donors (Lipinski definition) is 1. The number of aromatic hydroxyl groups is 1. The third kappa shape index (κ3) is 6.78. The van der Waals surface area contributed by atoms with Gasteiger partial charge in [-0.3, -0.25) is 9.78 Å². The Labute approximate surface area is 195 Å². The van der Waals surface area contributed by atoms with Crippen LogP contribution < -0.4 is 0 Å². The van der Waals surface area contributed by atoms with Crippen molar-refractivity contribution in [1.82, 2.24) is 9.88 Å². The molecule has 1 heterocycles. The fourth-order valence-corrected chi connectivity index (χ4v) is 3.51. The molecule has 0 fully saturated rings. The number of carbonyl (C=O) groups excluding carboxylic acids is 2. The van der Waals surface area contributed by atoms with Gasteiger partial charge in [0.05, 0.1) is 23.3 Å². The lowest BCUT2D eigenvalue weighted by Gasteiger charge is -2.30. The molecule has 1 amide bonds. The van der Waals surface area contributed by atoms with Crippen LogP contribution in [0.4, 0.5) is 0 Å². The Morgan fingerprint density at radius 1 is 0.939 bits per heavy atom. The van der Waals surface area contributed by atoms with E-state index >= 15 is 0 Å². The molecule has 0 spiro atoms. The summed E-state index contributed by atoms with van der Waals surface area (Å²) in [5.74, 6) is -0.451. The molecule has 0 radical (unpaired) electrons. The van der Waals surface area contributed by atoms with E-state index in [-0.39, 0.29) is 17.1 Å². The minimum Gasteiger partial charge on any atom is -0.508 e. The number of pyridine rings is 1. The molecule has 6 heteroatoms. The Morgan fingerprint density at radius 3 is 2.30 bits per heavy atom. The highest BCUT2D eigenvalue weighted by Crippen LogP contribution is 2.23. The summed E-state index contributed by atoms with van der Waals surface area (Å²) in [6.45, 7) is 12.5. The molecule has 6 nitrogen and oxygen atoms in total. The fourth-order valence-electron chi connectivity index (χ4n) is 3.51. The Bertz CT molecular complexity index is 1170. The zero-order valence-electron chi connectivity index (χ0n) is 20.2. The van der Waals surface area contributed by atoms with E-state index in [4.69, 9.17) is 4.74 Å². The molecule has 0 atom stereocenters. The van der Waals surface area contributed by atoms with Crippen LogP contribution in [0.25, 0.3) is 10.9 Å². The van der Waals surface area contributed by atoms with Crippen LogP contribution in [0, 0.1) is 5.41 Å². The van der Waals surface area contributed by atoms with E-state index in [1.165, 1.54) is 0 Å². The van der Waals surface area contributed by atoms with Gasteiger partial charge in [0.25, 0.3) is 5.91 Å². The first-order chi connectivity index (χ1) is 15.3. The molecule has 0 aliphatic heterocycles. The zero-order valence-corrected chi connectivity index (χ0v) is 20.2. The van der Waals surface area contributed by atoms with Gasteiger partial charge in [0.1, 0.15) is 11.4 Å². The van der Waals surface area contributed by atoms with Gasteiger partial charge in [0, 0.05) is 17.5 Å². The lowest BCUT2D eigenvalue weighted by atomic mass is 9.95. The van der Waals surface area contributed by atoms with E-state index in [2.05, 4.69) is 25.8 Å². The van der Waals surface area contributed by atoms with Crippen LogP contribution >= 0.6 is 0 Å². The van der Waals surface area contributed by atoms with Crippen molar-refractivity contribution in [2.75, 3.05) is 6.54 Å². The molecule has 0 aliphatic carbocycles. The number of nitrogens with zero attached hydrogens (tertiary/aromatic N) is 2. The Balaban J connectivity index is 1.89. The molecule has 3 aromatic rings. The zero-order chi connectivity index (χ0) is 24.4. The van der Waals surface area contributed by atoms with Crippen molar-refractivity contribution in [2.24, 2.45) is 5.41 Å². The number of ether oxygens (including phenoxy) is 1. The van der Waals surface area contributed by atoms with Crippen LogP contribution in [-0.2, 0) is 11.3 Å². The second-order valence-corrected chi connectivity index (χ2v) is 10.5. The van der Waals surface area contributed by atoms with Crippen LogP contribution in [0.3, 0.4) is 0 Å². The summed E-state index contributed by atoms with van der Waals surface area (Å²) in [4.78, 5) is 32.4.